The molecule has 0 bridgehead atoms. The van der Waals surface area contributed by atoms with Gasteiger partial charge in [0, 0.05) is 5.56 Å². The Labute approximate surface area is 108 Å². The van der Waals surface area contributed by atoms with Crippen molar-refractivity contribution in [3.63, 3.8) is 0 Å². The van der Waals surface area contributed by atoms with Crippen LogP contribution in [0.25, 0.3) is 0 Å². The number of halogens is 3. The van der Waals surface area contributed by atoms with Gasteiger partial charge in [-0.05, 0) is 12.1 Å². The highest BCUT2D eigenvalue weighted by molar-refractivity contribution is 9.38. The second kappa shape index (κ2) is 4.65. The average molecular weight is 384 g/mol. The van der Waals surface area contributed by atoms with Crippen LogP contribution in [0.2, 0.25) is 0 Å². The molecule has 0 saturated carbocycles. The van der Waals surface area contributed by atoms with Crippen molar-refractivity contribution in [3.8, 4) is 11.8 Å². The first kappa shape index (κ1) is 12.0. The second-order valence-electron chi connectivity index (χ2n) is 2.52. The standard InChI is InChI=1S/C9H6Br3NO/c1-14-8-4-6(5-13)2-3-7(8)9(10,11)12/h2-4H,1H3. The molecule has 1 rings (SSSR count). The molecular weight excluding hydrogens is 378 g/mol. The normalized spacial score (nSPS) is 10.8. The maximum atomic E-state index is 8.71. The van der Waals surface area contributed by atoms with Gasteiger partial charge in [0.05, 0.1) is 18.7 Å². The number of hydrogen-bond acceptors (Lipinski definition) is 2. The largest absolute Gasteiger partial charge is 0.496 e. The number of methoxy groups -OCH3 is 1. The fraction of sp³-hybridized carbons (Fsp3) is 0.222. The maximum absolute atomic E-state index is 8.71. The molecule has 14 heavy (non-hydrogen) atoms. The fourth-order valence-corrected chi connectivity index (χ4v) is 1.98. The summed E-state index contributed by atoms with van der Waals surface area (Å²) in [6, 6.07) is 7.29. The summed E-state index contributed by atoms with van der Waals surface area (Å²) in [6.45, 7) is 0. The molecule has 0 aliphatic heterocycles. The van der Waals surface area contributed by atoms with Crippen molar-refractivity contribution in [2.24, 2.45) is 0 Å². The third-order valence-corrected chi connectivity index (χ3v) is 2.92. The summed E-state index contributed by atoms with van der Waals surface area (Å²) in [6.07, 6.45) is 0. The van der Waals surface area contributed by atoms with E-state index >= 15 is 0 Å². The van der Waals surface area contributed by atoms with Crippen molar-refractivity contribution < 1.29 is 4.74 Å². The number of nitriles is 1. The Bertz CT molecular complexity index is 379. The molecule has 74 valence electrons. The molecule has 0 amide bonds. The molecule has 0 aliphatic carbocycles. The third-order valence-electron chi connectivity index (χ3n) is 1.64. The Balaban J connectivity index is 3.27. The van der Waals surface area contributed by atoms with E-state index in [4.69, 9.17) is 10.00 Å². The van der Waals surface area contributed by atoms with Crippen molar-refractivity contribution >= 4 is 47.8 Å². The van der Waals surface area contributed by atoms with Gasteiger partial charge in [-0.1, -0.05) is 53.9 Å². The lowest BCUT2D eigenvalue weighted by Crippen LogP contribution is -2.01. The molecule has 0 N–H and O–H groups in total. The Morgan fingerprint density at radius 1 is 1.36 bits per heavy atom. The molecule has 0 aliphatic rings. The van der Waals surface area contributed by atoms with Crippen LogP contribution in [0.3, 0.4) is 0 Å². The molecule has 1 aromatic carbocycles. The van der Waals surface area contributed by atoms with Gasteiger partial charge in [-0.3, -0.25) is 0 Å². The first-order valence-corrected chi connectivity index (χ1v) is 6.02. The Morgan fingerprint density at radius 2 is 2.00 bits per heavy atom. The van der Waals surface area contributed by atoms with Crippen LogP contribution in [0, 0.1) is 11.3 Å². The number of ether oxygens (including phenoxy) is 1. The van der Waals surface area contributed by atoms with E-state index in [1.54, 1.807) is 19.2 Å². The van der Waals surface area contributed by atoms with E-state index in [1.165, 1.54) is 0 Å². The summed E-state index contributed by atoms with van der Waals surface area (Å²) in [5.74, 6) is 0.648. The molecule has 0 saturated heterocycles. The number of nitrogens with zero attached hydrogens (tertiary/aromatic N) is 1. The number of benzene rings is 1. The predicted octanol–water partition coefficient (Wildman–Crippen LogP) is 3.86. The van der Waals surface area contributed by atoms with E-state index in [1.807, 2.05) is 6.07 Å². The van der Waals surface area contributed by atoms with E-state index in [0.717, 1.165) is 5.56 Å². The van der Waals surface area contributed by atoms with E-state index < -0.39 is 2.14 Å². The zero-order chi connectivity index (χ0) is 10.8. The zero-order valence-electron chi connectivity index (χ0n) is 7.22. The Morgan fingerprint density at radius 3 is 2.43 bits per heavy atom. The SMILES string of the molecule is COc1cc(C#N)ccc1C(Br)(Br)Br. The minimum Gasteiger partial charge on any atom is -0.496 e. The van der Waals surface area contributed by atoms with Crippen molar-refractivity contribution in [1.29, 1.82) is 5.26 Å². The quantitative estimate of drug-likeness (QED) is 0.690. The van der Waals surface area contributed by atoms with Gasteiger partial charge in [-0.2, -0.15) is 5.26 Å². The van der Waals surface area contributed by atoms with Crippen LogP contribution in [-0.4, -0.2) is 7.11 Å². The van der Waals surface area contributed by atoms with E-state index in [0.29, 0.717) is 11.3 Å². The molecular formula is C9H6Br3NO. The van der Waals surface area contributed by atoms with Crippen LogP contribution in [0.1, 0.15) is 11.1 Å². The highest BCUT2D eigenvalue weighted by Gasteiger charge is 2.25. The molecule has 0 fully saturated rings. The van der Waals surface area contributed by atoms with Gasteiger partial charge >= 0.3 is 0 Å². The molecule has 0 atom stereocenters. The van der Waals surface area contributed by atoms with Crippen molar-refractivity contribution in [2.75, 3.05) is 7.11 Å². The first-order valence-electron chi connectivity index (χ1n) is 3.64. The summed E-state index contributed by atoms with van der Waals surface area (Å²) < 4.78 is 4.65. The molecule has 0 spiro atoms. The van der Waals surface area contributed by atoms with E-state index in [2.05, 4.69) is 53.9 Å². The van der Waals surface area contributed by atoms with Crippen LogP contribution in [0.4, 0.5) is 0 Å². The topological polar surface area (TPSA) is 33.0 Å². The highest BCUT2D eigenvalue weighted by atomic mass is 80.0. The van der Waals surface area contributed by atoms with Gasteiger partial charge in [0.25, 0.3) is 0 Å². The minimum absolute atomic E-state index is 0.521. The monoisotopic (exact) mass is 381 g/mol. The van der Waals surface area contributed by atoms with Gasteiger partial charge in [-0.25, -0.2) is 0 Å². The fourth-order valence-electron chi connectivity index (χ4n) is 0.995. The van der Waals surface area contributed by atoms with Crippen LogP contribution < -0.4 is 4.74 Å². The molecule has 0 aromatic heterocycles. The van der Waals surface area contributed by atoms with Crippen LogP contribution in [0.5, 0.6) is 5.75 Å². The van der Waals surface area contributed by atoms with Crippen LogP contribution in [-0.2, 0) is 2.14 Å². The van der Waals surface area contributed by atoms with Gasteiger partial charge in [0.2, 0.25) is 0 Å². The summed E-state index contributed by atoms with van der Waals surface area (Å²) >= 11 is 10.2. The highest BCUT2D eigenvalue weighted by Crippen LogP contribution is 2.48. The number of hydrogen-bond donors (Lipinski definition) is 0. The average Bonchev–Trinajstić information content (AvgIpc) is 2.15. The van der Waals surface area contributed by atoms with Crippen molar-refractivity contribution in [2.45, 2.75) is 2.14 Å². The Kier molecular flexibility index (Phi) is 3.99. The molecule has 5 heteroatoms. The summed E-state index contributed by atoms with van der Waals surface area (Å²) in [4.78, 5) is 0. The molecule has 0 radical (unpaired) electrons. The van der Waals surface area contributed by atoms with Crippen molar-refractivity contribution in [3.05, 3.63) is 29.3 Å². The van der Waals surface area contributed by atoms with Crippen molar-refractivity contribution in [1.82, 2.24) is 0 Å². The smallest absolute Gasteiger partial charge is 0.163 e. The summed E-state index contributed by atoms with van der Waals surface area (Å²) in [5.41, 5.74) is 1.45. The summed E-state index contributed by atoms with van der Waals surface area (Å²) in [7, 11) is 1.57. The molecule has 0 unspecified atom stereocenters. The van der Waals surface area contributed by atoms with E-state index in [-0.39, 0.29) is 0 Å². The minimum atomic E-state index is -0.521. The molecule has 0 heterocycles. The first-order chi connectivity index (χ1) is 6.49. The maximum Gasteiger partial charge on any atom is 0.163 e. The van der Waals surface area contributed by atoms with Gasteiger partial charge in [0.1, 0.15) is 5.75 Å². The lowest BCUT2D eigenvalue weighted by atomic mass is 10.1. The number of rotatable bonds is 1. The van der Waals surface area contributed by atoms with Gasteiger partial charge in [0.15, 0.2) is 2.14 Å². The van der Waals surface area contributed by atoms with Gasteiger partial charge in [-0.15, -0.1) is 0 Å². The molecule has 2 nitrogen and oxygen atoms in total. The predicted molar refractivity (Wildman–Crippen MR) is 66.2 cm³/mol. The van der Waals surface area contributed by atoms with Crippen LogP contribution >= 0.6 is 47.8 Å². The van der Waals surface area contributed by atoms with Gasteiger partial charge < -0.3 is 4.74 Å². The summed E-state index contributed by atoms with van der Waals surface area (Å²) in [5, 5.41) is 8.71. The number of alkyl halides is 3. The zero-order valence-corrected chi connectivity index (χ0v) is 12.0. The Hall–Kier alpha value is -0.0500. The van der Waals surface area contributed by atoms with E-state index in [9.17, 15) is 0 Å². The lowest BCUT2D eigenvalue weighted by Gasteiger charge is -2.16. The van der Waals surface area contributed by atoms with Crippen LogP contribution in [0.15, 0.2) is 18.2 Å². The second-order valence-corrected chi connectivity index (χ2v) is 9.29. The molecule has 1 aromatic rings. The third kappa shape index (κ3) is 2.72. The lowest BCUT2D eigenvalue weighted by molar-refractivity contribution is 0.411.